The fourth-order valence-corrected chi connectivity index (χ4v) is 5.10. The topological polar surface area (TPSA) is 133 Å². The van der Waals surface area contributed by atoms with Crippen molar-refractivity contribution in [3.05, 3.63) is 33.5 Å². The number of aliphatic hydroxyl groups is 1. The lowest BCUT2D eigenvalue weighted by Gasteiger charge is -2.35. The molecule has 2 heterocycles. The maximum absolute atomic E-state index is 13.0. The monoisotopic (exact) mass is 438 g/mol. The van der Waals surface area contributed by atoms with Crippen molar-refractivity contribution in [2.45, 2.75) is 41.8 Å². The molecule has 0 bridgehead atoms. The van der Waals surface area contributed by atoms with Crippen molar-refractivity contribution in [3.63, 3.8) is 0 Å². The largest absolute Gasteiger partial charge is 0.507 e. The molecular weight excluding hydrogens is 416 g/mol. The van der Waals surface area contributed by atoms with Gasteiger partial charge in [0.05, 0.1) is 25.0 Å². The molecule has 0 fully saturated rings. The SMILES string of the molecule is COC(=O)[C@H](O)C[C@@](OC)(C(=O)OC)[C@@H]1Cc2c(oc3cc(C)cc(O)c3c2=O)S1. The summed E-state index contributed by atoms with van der Waals surface area (Å²) in [6.45, 7) is 1.75. The molecule has 0 unspecified atom stereocenters. The van der Waals surface area contributed by atoms with Gasteiger partial charge in [-0.15, -0.1) is 0 Å². The van der Waals surface area contributed by atoms with E-state index in [0.29, 0.717) is 5.56 Å². The second-order valence-electron chi connectivity index (χ2n) is 6.99. The van der Waals surface area contributed by atoms with Gasteiger partial charge in [0.25, 0.3) is 0 Å². The van der Waals surface area contributed by atoms with Gasteiger partial charge in [0.1, 0.15) is 16.7 Å². The standard InChI is InChI=1S/C20H22O9S/c1-9-5-11(21)15-13(6-9)29-18-10(16(15)23)7-14(30-18)20(28-4,19(25)27-3)8-12(22)17(24)26-2/h5-6,12,14,21-22H,7-8H2,1-4H3/t12-,14+,20+/m1/s1. The Kier molecular flexibility index (Phi) is 6.11. The van der Waals surface area contributed by atoms with E-state index in [1.807, 2.05) is 0 Å². The summed E-state index contributed by atoms with van der Waals surface area (Å²) < 4.78 is 20.8. The minimum Gasteiger partial charge on any atom is -0.507 e. The maximum atomic E-state index is 13.0. The first-order valence-corrected chi connectivity index (χ1v) is 9.91. The first kappa shape index (κ1) is 22.1. The average Bonchev–Trinajstić information content (AvgIpc) is 3.14. The average molecular weight is 438 g/mol. The number of aromatic hydroxyl groups is 1. The summed E-state index contributed by atoms with van der Waals surface area (Å²) in [7, 11) is 3.53. The number of hydrogen-bond donors (Lipinski definition) is 2. The van der Waals surface area contributed by atoms with Crippen LogP contribution in [-0.4, -0.2) is 60.4 Å². The molecule has 0 spiro atoms. The smallest absolute Gasteiger partial charge is 0.339 e. The van der Waals surface area contributed by atoms with E-state index in [1.165, 1.54) is 13.2 Å². The predicted octanol–water partition coefficient (Wildman–Crippen LogP) is 1.31. The Morgan fingerprint density at radius 2 is 2.00 bits per heavy atom. The molecule has 0 amide bonds. The first-order chi connectivity index (χ1) is 14.2. The summed E-state index contributed by atoms with van der Waals surface area (Å²) in [5.41, 5.74) is -0.959. The van der Waals surface area contributed by atoms with Gasteiger partial charge < -0.3 is 28.8 Å². The van der Waals surface area contributed by atoms with E-state index >= 15 is 0 Å². The molecule has 3 rings (SSSR count). The molecule has 162 valence electrons. The van der Waals surface area contributed by atoms with E-state index < -0.39 is 40.7 Å². The third-order valence-electron chi connectivity index (χ3n) is 5.20. The van der Waals surface area contributed by atoms with E-state index in [9.17, 15) is 24.6 Å². The van der Waals surface area contributed by atoms with Crippen LogP contribution < -0.4 is 5.43 Å². The Hall–Kier alpha value is -2.56. The van der Waals surface area contributed by atoms with Crippen LogP contribution in [0.2, 0.25) is 0 Å². The van der Waals surface area contributed by atoms with Crippen LogP contribution in [0.15, 0.2) is 26.4 Å². The van der Waals surface area contributed by atoms with Gasteiger partial charge in [-0.1, -0.05) is 11.8 Å². The predicted molar refractivity (Wildman–Crippen MR) is 107 cm³/mol. The molecule has 1 aliphatic heterocycles. The van der Waals surface area contributed by atoms with Crippen LogP contribution in [-0.2, 0) is 30.2 Å². The lowest BCUT2D eigenvalue weighted by Crippen LogP contribution is -2.53. The number of phenols is 1. The van der Waals surface area contributed by atoms with Crippen LogP contribution in [0.1, 0.15) is 17.5 Å². The molecule has 2 N–H and O–H groups in total. The van der Waals surface area contributed by atoms with Crippen molar-refractivity contribution in [3.8, 4) is 5.75 Å². The zero-order valence-electron chi connectivity index (χ0n) is 16.9. The Morgan fingerprint density at radius 3 is 2.60 bits per heavy atom. The zero-order valence-corrected chi connectivity index (χ0v) is 17.7. The van der Waals surface area contributed by atoms with Crippen molar-refractivity contribution in [2.75, 3.05) is 21.3 Å². The highest BCUT2D eigenvalue weighted by atomic mass is 32.2. The number of benzene rings is 1. The lowest BCUT2D eigenvalue weighted by atomic mass is 9.88. The fraction of sp³-hybridized carbons (Fsp3) is 0.450. The van der Waals surface area contributed by atoms with Gasteiger partial charge in [-0.25, -0.2) is 9.59 Å². The van der Waals surface area contributed by atoms with Crippen molar-refractivity contribution in [1.29, 1.82) is 0 Å². The highest BCUT2D eigenvalue weighted by molar-refractivity contribution is 8.00. The number of phenolic OH excluding ortho intramolecular Hbond substituents is 1. The minimum absolute atomic E-state index is 0.0441. The van der Waals surface area contributed by atoms with Gasteiger partial charge in [0.2, 0.25) is 5.43 Å². The van der Waals surface area contributed by atoms with Crippen LogP contribution in [0.5, 0.6) is 5.75 Å². The number of thioether (sulfide) groups is 1. The second kappa shape index (κ2) is 8.29. The summed E-state index contributed by atoms with van der Waals surface area (Å²) in [5, 5.41) is 20.0. The molecule has 10 heteroatoms. The number of fused-ring (bicyclic) bond motifs is 2. The Morgan fingerprint density at radius 1 is 1.30 bits per heavy atom. The van der Waals surface area contributed by atoms with Gasteiger partial charge in [-0.3, -0.25) is 4.79 Å². The number of esters is 2. The number of aliphatic hydroxyl groups excluding tert-OH is 1. The number of aryl methyl sites for hydroxylation is 1. The second-order valence-corrected chi connectivity index (χ2v) is 8.17. The minimum atomic E-state index is -1.75. The van der Waals surface area contributed by atoms with Gasteiger partial charge in [-0.2, -0.15) is 0 Å². The third-order valence-corrected chi connectivity index (χ3v) is 6.58. The number of hydrogen-bond acceptors (Lipinski definition) is 10. The van der Waals surface area contributed by atoms with E-state index in [0.717, 1.165) is 26.0 Å². The first-order valence-electron chi connectivity index (χ1n) is 9.04. The highest BCUT2D eigenvalue weighted by Crippen LogP contribution is 2.45. The molecule has 1 aliphatic rings. The fourth-order valence-electron chi connectivity index (χ4n) is 3.66. The number of carbonyl (C=O) groups excluding carboxylic acids is 2. The quantitative estimate of drug-likeness (QED) is 0.636. The van der Waals surface area contributed by atoms with Crippen molar-refractivity contribution in [1.82, 2.24) is 0 Å². The van der Waals surface area contributed by atoms with Gasteiger partial charge in [0, 0.05) is 13.5 Å². The lowest BCUT2D eigenvalue weighted by molar-refractivity contribution is -0.173. The molecule has 30 heavy (non-hydrogen) atoms. The van der Waals surface area contributed by atoms with Crippen LogP contribution in [0.25, 0.3) is 11.0 Å². The molecule has 0 aliphatic carbocycles. The van der Waals surface area contributed by atoms with Crippen LogP contribution in [0.4, 0.5) is 0 Å². The normalized spacial score (nSPS) is 18.5. The number of methoxy groups -OCH3 is 3. The molecule has 0 saturated carbocycles. The Bertz CT molecular complexity index is 1060. The van der Waals surface area contributed by atoms with Crippen molar-refractivity contribution >= 4 is 34.7 Å². The summed E-state index contributed by atoms with van der Waals surface area (Å²) in [6, 6.07) is 3.10. The summed E-state index contributed by atoms with van der Waals surface area (Å²) in [5.74, 6) is -1.93. The Labute approximate surface area is 175 Å². The Balaban J connectivity index is 2.08. The number of ether oxygens (including phenoxy) is 3. The molecule has 2 aromatic rings. The van der Waals surface area contributed by atoms with Gasteiger partial charge in [-0.05, 0) is 31.0 Å². The molecule has 0 saturated heterocycles. The summed E-state index contributed by atoms with van der Waals surface area (Å²) in [6.07, 6.45) is -2.04. The van der Waals surface area contributed by atoms with Crippen LogP contribution in [0.3, 0.4) is 0 Å². The summed E-state index contributed by atoms with van der Waals surface area (Å²) in [4.78, 5) is 37.5. The summed E-state index contributed by atoms with van der Waals surface area (Å²) >= 11 is 1.08. The van der Waals surface area contributed by atoms with E-state index in [4.69, 9.17) is 13.9 Å². The van der Waals surface area contributed by atoms with Crippen LogP contribution in [0, 0.1) is 6.92 Å². The van der Waals surface area contributed by atoms with Gasteiger partial charge in [0.15, 0.2) is 16.8 Å². The van der Waals surface area contributed by atoms with Crippen molar-refractivity contribution in [2.24, 2.45) is 0 Å². The molecule has 3 atom stereocenters. The zero-order chi connectivity index (χ0) is 22.2. The number of rotatable bonds is 6. The van der Waals surface area contributed by atoms with Gasteiger partial charge >= 0.3 is 11.9 Å². The third kappa shape index (κ3) is 3.55. The molecule has 1 aromatic heterocycles. The molecule has 0 radical (unpaired) electrons. The van der Waals surface area contributed by atoms with Crippen LogP contribution >= 0.6 is 11.8 Å². The molecule has 9 nitrogen and oxygen atoms in total. The van der Waals surface area contributed by atoms with E-state index in [1.54, 1.807) is 13.0 Å². The molecular formula is C20H22O9S. The number of carbonyl (C=O) groups is 2. The molecule has 1 aromatic carbocycles. The maximum Gasteiger partial charge on any atom is 0.339 e. The highest BCUT2D eigenvalue weighted by Gasteiger charge is 2.53. The van der Waals surface area contributed by atoms with E-state index in [-0.39, 0.29) is 33.8 Å². The van der Waals surface area contributed by atoms with Crippen molar-refractivity contribution < 1.29 is 38.4 Å². The van der Waals surface area contributed by atoms with E-state index in [2.05, 4.69) is 4.74 Å².